The number of aromatic nitrogens is 3. The number of thiophene rings is 1. The fraction of sp³-hybridized carbons (Fsp3) is 0.0400. The number of alkyl halides is 3. The molecule has 2 amide bonds. The van der Waals surface area contributed by atoms with Crippen LogP contribution in [0.1, 0.15) is 25.9 Å². The SMILES string of the molecule is NC(=O)c1sc2nc(C(F)(F)F)cc(-c3ccccc3)c2c1NC(=O)c1cc(-c2ccc(F)cc2)n[nH]1. The molecule has 0 saturated carbocycles. The summed E-state index contributed by atoms with van der Waals surface area (Å²) in [4.78, 5) is 28.8. The first-order valence-corrected chi connectivity index (χ1v) is 11.5. The molecule has 5 aromatic rings. The Morgan fingerprint density at radius 1 is 0.973 bits per heavy atom. The number of benzene rings is 2. The van der Waals surface area contributed by atoms with Crippen molar-refractivity contribution in [1.82, 2.24) is 15.2 Å². The maximum Gasteiger partial charge on any atom is 0.433 e. The molecule has 0 aliphatic rings. The number of hydrogen-bond donors (Lipinski definition) is 3. The lowest BCUT2D eigenvalue weighted by atomic mass is 10.0. The molecule has 0 atom stereocenters. The fourth-order valence-electron chi connectivity index (χ4n) is 3.77. The Labute approximate surface area is 210 Å². The molecule has 0 aliphatic carbocycles. The number of H-pyrrole nitrogens is 1. The molecule has 0 unspecified atom stereocenters. The zero-order valence-corrected chi connectivity index (χ0v) is 19.4. The van der Waals surface area contributed by atoms with Gasteiger partial charge in [-0.1, -0.05) is 30.3 Å². The van der Waals surface area contributed by atoms with Crippen molar-refractivity contribution in [2.24, 2.45) is 5.73 Å². The number of nitrogens with one attached hydrogen (secondary N) is 2. The molecule has 5 rings (SSSR count). The van der Waals surface area contributed by atoms with Gasteiger partial charge in [-0.2, -0.15) is 18.3 Å². The molecule has 4 N–H and O–H groups in total. The van der Waals surface area contributed by atoms with Gasteiger partial charge in [0.05, 0.1) is 11.4 Å². The second-order valence-electron chi connectivity index (χ2n) is 7.90. The lowest BCUT2D eigenvalue weighted by Crippen LogP contribution is -2.17. The van der Waals surface area contributed by atoms with Crippen molar-refractivity contribution in [1.29, 1.82) is 0 Å². The van der Waals surface area contributed by atoms with E-state index in [-0.39, 0.29) is 32.0 Å². The molecular formula is C25H15F4N5O2S. The summed E-state index contributed by atoms with van der Waals surface area (Å²) >= 11 is 0.650. The van der Waals surface area contributed by atoms with Gasteiger partial charge in [0.1, 0.15) is 26.9 Å². The quantitative estimate of drug-likeness (QED) is 0.249. The summed E-state index contributed by atoms with van der Waals surface area (Å²) in [5, 5.41) is 9.36. The highest BCUT2D eigenvalue weighted by Gasteiger charge is 2.35. The van der Waals surface area contributed by atoms with Gasteiger partial charge in [-0.3, -0.25) is 14.7 Å². The van der Waals surface area contributed by atoms with E-state index in [0.717, 1.165) is 6.07 Å². The van der Waals surface area contributed by atoms with E-state index in [9.17, 15) is 27.2 Å². The number of nitrogens with two attached hydrogens (primary N) is 1. The van der Waals surface area contributed by atoms with Crippen LogP contribution in [-0.2, 0) is 6.18 Å². The maximum absolute atomic E-state index is 13.6. The molecule has 0 bridgehead atoms. The van der Waals surface area contributed by atoms with Crippen LogP contribution in [0.2, 0.25) is 0 Å². The van der Waals surface area contributed by atoms with Crippen LogP contribution in [0.3, 0.4) is 0 Å². The van der Waals surface area contributed by atoms with Crippen LogP contribution >= 0.6 is 11.3 Å². The first-order valence-electron chi connectivity index (χ1n) is 10.6. The minimum absolute atomic E-state index is 0.00442. The van der Waals surface area contributed by atoms with E-state index in [1.807, 2.05) is 0 Å². The molecule has 3 heterocycles. The average Bonchev–Trinajstić information content (AvgIpc) is 3.50. The smallest absolute Gasteiger partial charge is 0.365 e. The highest BCUT2D eigenvalue weighted by atomic mass is 32.1. The Hall–Kier alpha value is -4.58. The predicted octanol–water partition coefficient (Wildman–Crippen LogP) is 5.86. The molecule has 0 spiro atoms. The van der Waals surface area contributed by atoms with Gasteiger partial charge in [-0.15, -0.1) is 11.3 Å². The van der Waals surface area contributed by atoms with Crippen LogP contribution in [0.25, 0.3) is 32.6 Å². The molecule has 0 radical (unpaired) electrons. The predicted molar refractivity (Wildman–Crippen MR) is 131 cm³/mol. The van der Waals surface area contributed by atoms with Crippen LogP contribution in [0.5, 0.6) is 0 Å². The van der Waals surface area contributed by atoms with Crippen LogP contribution < -0.4 is 11.1 Å². The number of pyridine rings is 1. The largest absolute Gasteiger partial charge is 0.433 e. The van der Waals surface area contributed by atoms with E-state index >= 15 is 0 Å². The van der Waals surface area contributed by atoms with Crippen molar-refractivity contribution < 1.29 is 27.2 Å². The zero-order chi connectivity index (χ0) is 26.3. The number of rotatable bonds is 5. The Balaban J connectivity index is 1.62. The first kappa shape index (κ1) is 24.1. The average molecular weight is 525 g/mol. The number of anilines is 1. The maximum atomic E-state index is 13.6. The second kappa shape index (κ2) is 9.13. The van der Waals surface area contributed by atoms with Gasteiger partial charge in [0.2, 0.25) is 0 Å². The van der Waals surface area contributed by atoms with Crippen molar-refractivity contribution in [3.8, 4) is 22.4 Å². The lowest BCUT2D eigenvalue weighted by Gasteiger charge is -2.12. The van der Waals surface area contributed by atoms with Gasteiger partial charge in [-0.05, 0) is 47.5 Å². The van der Waals surface area contributed by atoms with E-state index in [1.54, 1.807) is 30.3 Å². The lowest BCUT2D eigenvalue weighted by molar-refractivity contribution is -0.140. The van der Waals surface area contributed by atoms with Crippen molar-refractivity contribution in [3.63, 3.8) is 0 Å². The minimum Gasteiger partial charge on any atom is -0.365 e. The topological polar surface area (TPSA) is 114 Å². The number of fused-ring (bicyclic) bond motifs is 1. The third kappa shape index (κ3) is 4.66. The third-order valence-corrected chi connectivity index (χ3v) is 6.56. The molecule has 37 heavy (non-hydrogen) atoms. The monoisotopic (exact) mass is 525 g/mol. The Kier molecular flexibility index (Phi) is 5.96. The number of halogens is 4. The number of aromatic amines is 1. The summed E-state index contributed by atoms with van der Waals surface area (Å²) in [5.74, 6) is -2.10. The third-order valence-electron chi connectivity index (χ3n) is 5.46. The van der Waals surface area contributed by atoms with Gasteiger partial charge in [0.15, 0.2) is 0 Å². The van der Waals surface area contributed by atoms with Gasteiger partial charge in [0, 0.05) is 10.9 Å². The number of carbonyl (C=O) groups is 2. The summed E-state index contributed by atoms with van der Waals surface area (Å²) in [6.07, 6.45) is -4.75. The van der Waals surface area contributed by atoms with Gasteiger partial charge < -0.3 is 11.1 Å². The first-order chi connectivity index (χ1) is 17.6. The number of primary amides is 1. The van der Waals surface area contributed by atoms with Crippen LogP contribution in [0.15, 0.2) is 66.7 Å². The number of hydrogen-bond acceptors (Lipinski definition) is 5. The normalized spacial score (nSPS) is 11.6. The summed E-state index contributed by atoms with van der Waals surface area (Å²) in [6.45, 7) is 0. The molecular weight excluding hydrogens is 510 g/mol. The van der Waals surface area contributed by atoms with Crippen molar-refractivity contribution >= 4 is 39.1 Å². The van der Waals surface area contributed by atoms with Gasteiger partial charge >= 0.3 is 6.18 Å². The highest BCUT2D eigenvalue weighted by molar-refractivity contribution is 7.21. The zero-order valence-electron chi connectivity index (χ0n) is 18.6. The summed E-state index contributed by atoms with van der Waals surface area (Å²) < 4.78 is 54.1. The summed E-state index contributed by atoms with van der Waals surface area (Å²) in [6, 6.07) is 16.0. The van der Waals surface area contributed by atoms with E-state index in [0.29, 0.717) is 28.2 Å². The standard InChI is InChI=1S/C25H15F4N5O2S/c26-14-8-6-13(7-9-14)16-11-17(34-33-16)23(36)32-20-19-15(12-4-2-1-3-5-12)10-18(25(27,28)29)31-24(19)37-21(20)22(30)35/h1-11H,(H2,30,35)(H,32,36)(H,33,34). The molecule has 186 valence electrons. The minimum atomic E-state index is -4.75. The Morgan fingerprint density at radius 3 is 2.32 bits per heavy atom. The molecule has 0 saturated heterocycles. The number of amides is 2. The Bertz CT molecular complexity index is 1640. The second-order valence-corrected chi connectivity index (χ2v) is 8.90. The van der Waals surface area contributed by atoms with E-state index in [4.69, 9.17) is 5.73 Å². The highest BCUT2D eigenvalue weighted by Crippen LogP contribution is 2.43. The number of nitrogens with zero attached hydrogens (tertiary/aromatic N) is 2. The molecule has 0 aliphatic heterocycles. The van der Waals surface area contributed by atoms with Crippen LogP contribution in [-0.4, -0.2) is 27.0 Å². The molecule has 3 aromatic heterocycles. The molecule has 7 nitrogen and oxygen atoms in total. The van der Waals surface area contributed by atoms with Gasteiger partial charge in [0.25, 0.3) is 11.8 Å². The number of carbonyl (C=O) groups excluding carboxylic acids is 2. The summed E-state index contributed by atoms with van der Waals surface area (Å²) in [5.41, 5.74) is 5.75. The molecule has 0 fully saturated rings. The molecule has 12 heteroatoms. The van der Waals surface area contributed by atoms with E-state index < -0.39 is 29.5 Å². The Morgan fingerprint density at radius 2 is 1.68 bits per heavy atom. The van der Waals surface area contributed by atoms with Crippen molar-refractivity contribution in [3.05, 3.63) is 88.8 Å². The van der Waals surface area contributed by atoms with Crippen molar-refractivity contribution in [2.45, 2.75) is 6.18 Å². The van der Waals surface area contributed by atoms with Gasteiger partial charge in [-0.25, -0.2) is 9.37 Å². The fourth-order valence-corrected chi connectivity index (χ4v) is 4.78. The van der Waals surface area contributed by atoms with E-state index in [1.165, 1.54) is 30.3 Å². The van der Waals surface area contributed by atoms with E-state index in [2.05, 4.69) is 20.5 Å². The van der Waals surface area contributed by atoms with Crippen LogP contribution in [0.4, 0.5) is 23.2 Å². The van der Waals surface area contributed by atoms with Crippen molar-refractivity contribution in [2.75, 3.05) is 5.32 Å². The summed E-state index contributed by atoms with van der Waals surface area (Å²) in [7, 11) is 0. The molecule has 2 aromatic carbocycles. The van der Waals surface area contributed by atoms with Crippen LogP contribution in [0, 0.1) is 5.82 Å².